The van der Waals surface area contributed by atoms with E-state index < -0.39 is 29.9 Å². The Hall–Kier alpha value is -4.15. The van der Waals surface area contributed by atoms with Crippen LogP contribution in [-0.2, 0) is 6.18 Å². The molecule has 0 atom stereocenters. The fraction of sp³-hybridized carbons (Fsp3) is 0.0870. The number of anilines is 2. The summed E-state index contributed by atoms with van der Waals surface area (Å²) in [6.07, 6.45) is -9.43. The molecule has 2 amide bonds. The minimum atomic E-state index is -4.84. The fourth-order valence-corrected chi connectivity index (χ4v) is 3.26. The molecule has 4 aromatic rings. The zero-order valence-electron chi connectivity index (χ0n) is 16.9. The Morgan fingerprint density at radius 2 is 1.53 bits per heavy atom. The molecule has 0 radical (unpaired) electrons. The first-order valence-corrected chi connectivity index (χ1v) is 9.62. The number of nitrogens with one attached hydrogen (secondary N) is 2. The predicted molar refractivity (Wildman–Crippen MR) is 112 cm³/mol. The van der Waals surface area contributed by atoms with E-state index >= 15 is 0 Å². The van der Waals surface area contributed by atoms with Gasteiger partial charge in [-0.1, -0.05) is 30.3 Å². The zero-order valence-corrected chi connectivity index (χ0v) is 16.9. The van der Waals surface area contributed by atoms with Crippen LogP contribution in [0.15, 0.2) is 77.2 Å². The summed E-state index contributed by atoms with van der Waals surface area (Å²) in [6, 6.07) is 14.8. The molecule has 5 nitrogen and oxygen atoms in total. The molecule has 0 saturated carbocycles. The van der Waals surface area contributed by atoms with Gasteiger partial charge in [-0.05, 0) is 42.5 Å². The van der Waals surface area contributed by atoms with Gasteiger partial charge in [-0.3, -0.25) is 0 Å². The lowest BCUT2D eigenvalue weighted by molar-refractivity contribution is -0.274. The van der Waals surface area contributed by atoms with Gasteiger partial charge >= 0.3 is 18.6 Å². The van der Waals surface area contributed by atoms with Crippen molar-refractivity contribution in [1.82, 2.24) is 0 Å². The molecule has 4 rings (SSSR count). The Bertz CT molecular complexity index is 1330. The van der Waals surface area contributed by atoms with E-state index in [0.29, 0.717) is 5.39 Å². The van der Waals surface area contributed by atoms with Crippen molar-refractivity contribution in [2.45, 2.75) is 12.5 Å². The topological polar surface area (TPSA) is 63.5 Å². The standard InChI is InChI=1S/C23H14F6N2O3/c24-22(25,26)17-6-2-1-5-16(17)19-12-13-4-3-7-18(20(13)33-19)31-21(32)30-14-8-10-15(11-9-14)34-23(27,28)29/h1-12H,(H2,30,31,32). The Morgan fingerprint density at radius 1 is 0.824 bits per heavy atom. The van der Waals surface area contributed by atoms with E-state index in [9.17, 15) is 31.1 Å². The van der Waals surface area contributed by atoms with Gasteiger partial charge in [-0.25, -0.2) is 4.79 Å². The van der Waals surface area contributed by atoms with Gasteiger partial charge in [0.2, 0.25) is 0 Å². The molecule has 0 aliphatic heterocycles. The van der Waals surface area contributed by atoms with Crippen molar-refractivity contribution in [3.63, 3.8) is 0 Å². The van der Waals surface area contributed by atoms with Crippen LogP contribution in [0, 0.1) is 0 Å². The summed E-state index contributed by atoms with van der Waals surface area (Å²) in [4.78, 5) is 12.4. The summed E-state index contributed by atoms with van der Waals surface area (Å²) >= 11 is 0. The van der Waals surface area contributed by atoms with E-state index in [1.807, 2.05) is 0 Å². The average molecular weight is 480 g/mol. The molecule has 3 aromatic carbocycles. The van der Waals surface area contributed by atoms with E-state index in [1.54, 1.807) is 12.1 Å². The number of carbonyl (C=O) groups excluding carboxylic acids is 1. The van der Waals surface area contributed by atoms with Gasteiger partial charge in [0.05, 0.1) is 11.3 Å². The molecule has 0 aliphatic rings. The Labute approximate surface area is 187 Å². The fourth-order valence-electron chi connectivity index (χ4n) is 3.26. The molecule has 11 heteroatoms. The number of halogens is 6. The number of ether oxygens (including phenoxy) is 1. The van der Waals surface area contributed by atoms with E-state index in [4.69, 9.17) is 4.42 Å². The normalized spacial score (nSPS) is 11.9. The third-order valence-corrected chi connectivity index (χ3v) is 4.64. The highest BCUT2D eigenvalue weighted by Crippen LogP contribution is 2.40. The second kappa shape index (κ2) is 8.65. The lowest BCUT2D eigenvalue weighted by Crippen LogP contribution is -2.19. The highest BCUT2D eigenvalue weighted by atomic mass is 19.4. The number of para-hydroxylation sites is 1. The molecule has 0 fully saturated rings. The van der Waals surface area contributed by atoms with Gasteiger partial charge in [0.1, 0.15) is 11.5 Å². The first-order chi connectivity index (χ1) is 16.0. The molecule has 0 saturated heterocycles. The van der Waals surface area contributed by atoms with Crippen LogP contribution in [0.4, 0.5) is 42.5 Å². The minimum Gasteiger partial charge on any atom is -0.454 e. The molecular formula is C23H14F6N2O3. The number of amides is 2. The average Bonchev–Trinajstić information content (AvgIpc) is 3.19. The molecule has 2 N–H and O–H groups in total. The van der Waals surface area contributed by atoms with Crippen LogP contribution in [0.25, 0.3) is 22.3 Å². The second-order valence-electron chi connectivity index (χ2n) is 7.03. The predicted octanol–water partition coefficient (Wildman–Crippen LogP) is 7.66. The van der Waals surface area contributed by atoms with Crippen molar-refractivity contribution in [1.29, 1.82) is 0 Å². The lowest BCUT2D eigenvalue weighted by atomic mass is 10.0. The number of rotatable bonds is 4. The van der Waals surface area contributed by atoms with Crippen LogP contribution in [0.3, 0.4) is 0 Å². The third kappa shape index (κ3) is 5.25. The molecule has 0 unspecified atom stereocenters. The first-order valence-electron chi connectivity index (χ1n) is 9.62. The van der Waals surface area contributed by atoms with Crippen molar-refractivity contribution >= 4 is 28.4 Å². The molecule has 1 aromatic heterocycles. The Morgan fingerprint density at radius 3 is 2.21 bits per heavy atom. The first kappa shape index (κ1) is 23.0. The van der Waals surface area contributed by atoms with Crippen LogP contribution in [-0.4, -0.2) is 12.4 Å². The van der Waals surface area contributed by atoms with Crippen molar-refractivity contribution in [2.75, 3.05) is 10.6 Å². The van der Waals surface area contributed by atoms with Gasteiger partial charge in [0.25, 0.3) is 0 Å². The summed E-state index contributed by atoms with van der Waals surface area (Å²) in [7, 11) is 0. The summed E-state index contributed by atoms with van der Waals surface area (Å²) in [5.41, 5.74) is -0.498. The van der Waals surface area contributed by atoms with Crippen LogP contribution in [0.5, 0.6) is 5.75 Å². The summed E-state index contributed by atoms with van der Waals surface area (Å²) in [5, 5.41) is 5.41. The van der Waals surface area contributed by atoms with E-state index in [1.165, 1.54) is 42.5 Å². The molecule has 0 aliphatic carbocycles. The number of alkyl halides is 6. The largest absolute Gasteiger partial charge is 0.573 e. The van der Waals surface area contributed by atoms with Gasteiger partial charge < -0.3 is 19.8 Å². The summed E-state index contributed by atoms with van der Waals surface area (Å²) in [6.45, 7) is 0. The molecular weight excluding hydrogens is 466 g/mol. The maximum absolute atomic E-state index is 13.4. The van der Waals surface area contributed by atoms with Gasteiger partial charge in [-0.15, -0.1) is 13.2 Å². The Balaban J connectivity index is 1.55. The number of hydrogen-bond acceptors (Lipinski definition) is 3. The van der Waals surface area contributed by atoms with Gasteiger partial charge in [0, 0.05) is 16.6 Å². The number of furan rings is 1. The second-order valence-corrected chi connectivity index (χ2v) is 7.03. The molecule has 34 heavy (non-hydrogen) atoms. The number of carbonyl (C=O) groups is 1. The van der Waals surface area contributed by atoms with Crippen LogP contribution in [0.2, 0.25) is 0 Å². The van der Waals surface area contributed by atoms with E-state index in [2.05, 4.69) is 15.4 Å². The monoisotopic (exact) mass is 480 g/mol. The number of hydrogen-bond donors (Lipinski definition) is 2. The quantitative estimate of drug-likeness (QED) is 0.295. The molecule has 1 heterocycles. The van der Waals surface area contributed by atoms with Crippen LogP contribution in [0.1, 0.15) is 5.56 Å². The smallest absolute Gasteiger partial charge is 0.454 e. The molecule has 0 bridgehead atoms. The minimum absolute atomic E-state index is 0.0298. The van der Waals surface area contributed by atoms with Crippen molar-refractivity contribution < 1.29 is 40.3 Å². The van der Waals surface area contributed by atoms with E-state index in [0.717, 1.165) is 18.2 Å². The van der Waals surface area contributed by atoms with Crippen LogP contribution >= 0.6 is 0 Å². The van der Waals surface area contributed by atoms with Crippen LogP contribution < -0.4 is 15.4 Å². The summed E-state index contributed by atoms with van der Waals surface area (Å²) in [5.74, 6) is -0.483. The highest BCUT2D eigenvalue weighted by molar-refractivity contribution is 6.05. The lowest BCUT2D eigenvalue weighted by Gasteiger charge is -2.11. The van der Waals surface area contributed by atoms with Crippen molar-refractivity contribution in [3.8, 4) is 17.1 Å². The number of benzene rings is 3. The summed E-state index contributed by atoms with van der Waals surface area (Å²) < 4.78 is 86.3. The zero-order chi connectivity index (χ0) is 24.5. The van der Waals surface area contributed by atoms with Gasteiger partial charge in [0.15, 0.2) is 5.58 Å². The SMILES string of the molecule is O=C(Nc1ccc(OC(F)(F)F)cc1)Nc1cccc2cc(-c3ccccc3C(F)(F)F)oc12. The Kier molecular flexibility index (Phi) is 5.86. The van der Waals surface area contributed by atoms with Gasteiger partial charge in [-0.2, -0.15) is 13.2 Å². The van der Waals surface area contributed by atoms with Crippen molar-refractivity contribution in [2.24, 2.45) is 0 Å². The maximum Gasteiger partial charge on any atom is 0.573 e. The van der Waals surface area contributed by atoms with Crippen molar-refractivity contribution in [3.05, 3.63) is 78.4 Å². The van der Waals surface area contributed by atoms with E-state index in [-0.39, 0.29) is 28.3 Å². The molecule has 0 spiro atoms. The maximum atomic E-state index is 13.4. The molecule has 176 valence electrons. The number of urea groups is 1. The number of fused-ring (bicyclic) bond motifs is 1. The third-order valence-electron chi connectivity index (χ3n) is 4.64. The highest BCUT2D eigenvalue weighted by Gasteiger charge is 2.34.